The Bertz CT molecular complexity index is 566. The lowest BCUT2D eigenvalue weighted by Crippen LogP contribution is -2.26. The van der Waals surface area contributed by atoms with Gasteiger partial charge in [-0.25, -0.2) is 0 Å². The molecule has 0 fully saturated rings. The second-order valence-electron chi connectivity index (χ2n) is 4.09. The molecule has 0 saturated carbocycles. The van der Waals surface area contributed by atoms with Crippen LogP contribution < -0.4 is 5.32 Å². The average Bonchev–Trinajstić information content (AvgIpc) is 2.85. The summed E-state index contributed by atoms with van der Waals surface area (Å²) in [6.45, 7) is 2.23. The van der Waals surface area contributed by atoms with Crippen LogP contribution in [0.4, 0.5) is 0 Å². The van der Waals surface area contributed by atoms with E-state index in [2.05, 4.69) is 15.5 Å². The molecule has 1 N–H and O–H groups in total. The van der Waals surface area contributed by atoms with Crippen LogP contribution in [0.3, 0.4) is 0 Å². The molecule has 1 aromatic carbocycles. The van der Waals surface area contributed by atoms with Crippen molar-refractivity contribution in [3.63, 3.8) is 0 Å². The molecule has 2 rings (SSSR count). The molecule has 0 aliphatic carbocycles. The molecule has 100 valence electrons. The predicted molar refractivity (Wildman–Crippen MR) is 68.2 cm³/mol. The molecule has 0 saturated heterocycles. The number of benzene rings is 1. The van der Waals surface area contributed by atoms with E-state index < -0.39 is 0 Å². The number of carbonyl (C=O) groups excluding carboxylic acids is 1. The summed E-state index contributed by atoms with van der Waals surface area (Å²) in [4.78, 5) is 15.4. The minimum absolute atomic E-state index is 0.0165. The molecule has 19 heavy (non-hydrogen) atoms. The average molecular weight is 261 g/mol. The zero-order valence-corrected chi connectivity index (χ0v) is 10.8. The molecule has 0 radical (unpaired) electrons. The maximum atomic E-state index is 11.2. The van der Waals surface area contributed by atoms with Gasteiger partial charge in [-0.05, 0) is 19.1 Å². The van der Waals surface area contributed by atoms with E-state index in [1.165, 1.54) is 7.11 Å². The lowest BCUT2D eigenvalue weighted by molar-refractivity contribution is -0.124. The highest BCUT2D eigenvalue weighted by Gasteiger charge is 2.09. The van der Waals surface area contributed by atoms with Crippen molar-refractivity contribution in [1.29, 1.82) is 0 Å². The summed E-state index contributed by atoms with van der Waals surface area (Å²) in [7, 11) is 1.46. The van der Waals surface area contributed by atoms with Crippen molar-refractivity contribution in [2.75, 3.05) is 13.7 Å². The second kappa shape index (κ2) is 6.10. The first-order valence-electron chi connectivity index (χ1n) is 5.84. The first-order valence-corrected chi connectivity index (χ1v) is 5.84. The van der Waals surface area contributed by atoms with Crippen molar-refractivity contribution in [3.05, 3.63) is 35.7 Å². The largest absolute Gasteiger partial charge is 0.375 e. The zero-order chi connectivity index (χ0) is 13.7. The molecule has 0 bridgehead atoms. The Balaban J connectivity index is 2.01. The third-order valence-corrected chi connectivity index (χ3v) is 2.45. The van der Waals surface area contributed by atoms with E-state index in [1.807, 2.05) is 31.2 Å². The number of amides is 1. The van der Waals surface area contributed by atoms with Gasteiger partial charge in [0.25, 0.3) is 5.89 Å². The van der Waals surface area contributed by atoms with E-state index in [0.29, 0.717) is 11.7 Å². The fourth-order valence-corrected chi connectivity index (χ4v) is 1.58. The number of nitrogens with zero attached hydrogens (tertiary/aromatic N) is 2. The molecule has 0 aliphatic heterocycles. The van der Waals surface area contributed by atoms with Gasteiger partial charge in [-0.1, -0.05) is 22.9 Å². The van der Waals surface area contributed by atoms with Crippen LogP contribution in [0.25, 0.3) is 11.5 Å². The van der Waals surface area contributed by atoms with Crippen LogP contribution in [-0.4, -0.2) is 29.8 Å². The lowest BCUT2D eigenvalue weighted by atomic mass is 10.1. The Labute approximate surface area is 110 Å². The van der Waals surface area contributed by atoms with E-state index in [0.717, 1.165) is 11.1 Å². The standard InChI is InChI=1S/C13H15N3O3/c1-9-4-3-5-10(6-9)13-15-11(16-19-13)7-14-12(17)8-18-2/h3-6H,7-8H2,1-2H3,(H,14,17). The molecule has 6 heteroatoms. The number of nitrogens with one attached hydrogen (secondary N) is 1. The van der Waals surface area contributed by atoms with Gasteiger partial charge in [0.1, 0.15) is 6.61 Å². The topological polar surface area (TPSA) is 77.2 Å². The lowest BCUT2D eigenvalue weighted by Gasteiger charge is -1.99. The number of hydrogen-bond acceptors (Lipinski definition) is 5. The first kappa shape index (κ1) is 13.2. The molecular weight excluding hydrogens is 246 g/mol. The number of rotatable bonds is 5. The van der Waals surface area contributed by atoms with Gasteiger partial charge in [0, 0.05) is 12.7 Å². The normalized spacial score (nSPS) is 10.4. The number of ether oxygens (including phenoxy) is 1. The summed E-state index contributed by atoms with van der Waals surface area (Å²) in [5.74, 6) is 0.657. The first-order chi connectivity index (χ1) is 9.19. The van der Waals surface area contributed by atoms with Gasteiger partial charge in [-0.3, -0.25) is 4.79 Å². The van der Waals surface area contributed by atoms with Crippen LogP contribution >= 0.6 is 0 Å². The van der Waals surface area contributed by atoms with E-state index in [1.54, 1.807) is 0 Å². The summed E-state index contributed by atoms with van der Waals surface area (Å²) < 4.78 is 9.86. The monoisotopic (exact) mass is 261 g/mol. The maximum absolute atomic E-state index is 11.2. The Hall–Kier alpha value is -2.21. The number of carbonyl (C=O) groups is 1. The van der Waals surface area contributed by atoms with E-state index in [4.69, 9.17) is 9.26 Å². The Morgan fingerprint density at radius 3 is 3.05 bits per heavy atom. The van der Waals surface area contributed by atoms with Gasteiger partial charge < -0.3 is 14.6 Å². The highest BCUT2D eigenvalue weighted by molar-refractivity contribution is 5.77. The molecular formula is C13H15N3O3. The van der Waals surface area contributed by atoms with Gasteiger partial charge in [-0.2, -0.15) is 4.98 Å². The van der Waals surface area contributed by atoms with Gasteiger partial charge >= 0.3 is 0 Å². The van der Waals surface area contributed by atoms with Crippen molar-refractivity contribution >= 4 is 5.91 Å². The summed E-state index contributed by atoms with van der Waals surface area (Å²) in [5.41, 5.74) is 1.98. The van der Waals surface area contributed by atoms with Crippen molar-refractivity contribution in [2.45, 2.75) is 13.5 Å². The van der Waals surface area contributed by atoms with Crippen LogP contribution in [0.5, 0.6) is 0 Å². The molecule has 0 spiro atoms. The van der Waals surface area contributed by atoms with Crippen LogP contribution in [-0.2, 0) is 16.1 Å². The minimum atomic E-state index is -0.218. The third-order valence-electron chi connectivity index (χ3n) is 2.45. The molecule has 1 aromatic heterocycles. The van der Waals surface area contributed by atoms with Crippen molar-refractivity contribution in [3.8, 4) is 11.5 Å². The fourth-order valence-electron chi connectivity index (χ4n) is 1.58. The predicted octanol–water partition coefficient (Wildman–Crippen LogP) is 1.31. The van der Waals surface area contributed by atoms with Crippen LogP contribution in [0.1, 0.15) is 11.4 Å². The smallest absolute Gasteiger partial charge is 0.257 e. The number of methoxy groups -OCH3 is 1. The molecule has 0 aliphatic rings. The van der Waals surface area contributed by atoms with Gasteiger partial charge in [0.15, 0.2) is 5.82 Å². The molecule has 0 atom stereocenters. The molecule has 6 nitrogen and oxygen atoms in total. The van der Waals surface area contributed by atoms with Crippen molar-refractivity contribution in [1.82, 2.24) is 15.5 Å². The van der Waals surface area contributed by atoms with Crippen molar-refractivity contribution in [2.24, 2.45) is 0 Å². The van der Waals surface area contributed by atoms with Crippen LogP contribution in [0, 0.1) is 6.92 Å². The summed E-state index contributed by atoms with van der Waals surface area (Å²) in [6, 6.07) is 7.77. The van der Waals surface area contributed by atoms with E-state index >= 15 is 0 Å². The minimum Gasteiger partial charge on any atom is -0.375 e. The molecule has 1 heterocycles. The Morgan fingerprint density at radius 1 is 1.47 bits per heavy atom. The number of aryl methyl sites for hydroxylation is 1. The highest BCUT2D eigenvalue weighted by atomic mass is 16.5. The molecule has 1 amide bonds. The SMILES string of the molecule is COCC(=O)NCc1noc(-c2cccc(C)c2)n1. The fraction of sp³-hybridized carbons (Fsp3) is 0.308. The summed E-state index contributed by atoms with van der Waals surface area (Å²) >= 11 is 0. The maximum Gasteiger partial charge on any atom is 0.257 e. The third kappa shape index (κ3) is 3.62. The van der Waals surface area contributed by atoms with Crippen LogP contribution in [0.2, 0.25) is 0 Å². The quantitative estimate of drug-likeness (QED) is 0.878. The number of hydrogen-bond donors (Lipinski definition) is 1. The van der Waals surface area contributed by atoms with Crippen LogP contribution in [0.15, 0.2) is 28.8 Å². The molecule has 0 unspecified atom stereocenters. The second-order valence-corrected chi connectivity index (χ2v) is 4.09. The van der Waals surface area contributed by atoms with Gasteiger partial charge in [0.05, 0.1) is 6.54 Å². The van der Waals surface area contributed by atoms with Gasteiger partial charge in [-0.15, -0.1) is 0 Å². The Morgan fingerprint density at radius 2 is 2.32 bits per heavy atom. The summed E-state index contributed by atoms with van der Waals surface area (Å²) in [5, 5.41) is 6.44. The van der Waals surface area contributed by atoms with Gasteiger partial charge in [0.2, 0.25) is 5.91 Å². The van der Waals surface area contributed by atoms with E-state index in [-0.39, 0.29) is 19.1 Å². The Kier molecular flexibility index (Phi) is 4.25. The summed E-state index contributed by atoms with van der Waals surface area (Å²) in [6.07, 6.45) is 0. The number of aromatic nitrogens is 2. The zero-order valence-electron chi connectivity index (χ0n) is 10.8. The van der Waals surface area contributed by atoms with Crippen molar-refractivity contribution < 1.29 is 14.1 Å². The molecule has 2 aromatic rings. The van der Waals surface area contributed by atoms with E-state index in [9.17, 15) is 4.79 Å². The highest BCUT2D eigenvalue weighted by Crippen LogP contribution is 2.17.